The molecule has 0 unspecified atom stereocenters. The van der Waals surface area contributed by atoms with Crippen LogP contribution in [0.2, 0.25) is 0 Å². The van der Waals surface area contributed by atoms with Gasteiger partial charge in [-0.05, 0) is 24.6 Å². The molecule has 19 heavy (non-hydrogen) atoms. The maximum absolute atomic E-state index is 7.25. The zero-order chi connectivity index (χ0) is 13.4. The van der Waals surface area contributed by atoms with Gasteiger partial charge in [-0.1, -0.05) is 47.5 Å². The standard InChI is InChI=1S/C13H19BrN2OS.ClH/c1-2-3-4-7-17-12-6-5-11(14)8-10(12)9-18-13(15)16;/h5-6,8H,2-4,7,9H2,1H3,(H3,15,16);1H. The molecule has 0 fully saturated rings. The van der Waals surface area contributed by atoms with E-state index in [0.29, 0.717) is 5.75 Å². The van der Waals surface area contributed by atoms with Gasteiger partial charge in [0.1, 0.15) is 5.75 Å². The Morgan fingerprint density at radius 1 is 1.42 bits per heavy atom. The summed E-state index contributed by atoms with van der Waals surface area (Å²) in [5.41, 5.74) is 6.43. The normalized spacial score (nSPS) is 9.79. The molecule has 0 aromatic heterocycles. The van der Waals surface area contributed by atoms with E-state index in [2.05, 4.69) is 22.9 Å². The van der Waals surface area contributed by atoms with Crippen LogP contribution in [0.1, 0.15) is 31.7 Å². The fourth-order valence-electron chi connectivity index (χ4n) is 1.49. The number of ether oxygens (including phenoxy) is 1. The lowest BCUT2D eigenvalue weighted by molar-refractivity contribution is 0.304. The van der Waals surface area contributed by atoms with Crippen molar-refractivity contribution in [2.24, 2.45) is 5.73 Å². The first-order valence-corrected chi connectivity index (χ1v) is 7.79. The Hall–Kier alpha value is -0.390. The van der Waals surface area contributed by atoms with Crippen molar-refractivity contribution in [3.8, 4) is 5.75 Å². The van der Waals surface area contributed by atoms with Crippen LogP contribution >= 0.6 is 40.1 Å². The minimum absolute atomic E-state index is 0. The fraction of sp³-hybridized carbons (Fsp3) is 0.462. The molecular weight excluding hydrogens is 348 g/mol. The Balaban J connectivity index is 0.00000324. The second kappa shape index (κ2) is 10.4. The topological polar surface area (TPSA) is 59.1 Å². The first-order chi connectivity index (χ1) is 8.63. The molecule has 0 bridgehead atoms. The average Bonchev–Trinajstić information content (AvgIpc) is 2.34. The van der Waals surface area contributed by atoms with Crippen LogP contribution in [0.5, 0.6) is 5.75 Å². The first-order valence-electron chi connectivity index (χ1n) is 6.01. The Bertz CT molecular complexity index is 404. The van der Waals surface area contributed by atoms with Crippen LogP contribution < -0.4 is 10.5 Å². The lowest BCUT2D eigenvalue weighted by atomic mass is 10.2. The third-order valence-corrected chi connectivity index (χ3v) is 3.67. The van der Waals surface area contributed by atoms with Gasteiger partial charge in [-0.2, -0.15) is 0 Å². The molecule has 1 aromatic carbocycles. The Labute approximate surface area is 133 Å². The van der Waals surface area contributed by atoms with Crippen LogP contribution in [-0.2, 0) is 5.75 Å². The molecule has 0 saturated heterocycles. The third-order valence-electron chi connectivity index (χ3n) is 2.41. The Kier molecular flexibility index (Phi) is 10.2. The van der Waals surface area contributed by atoms with Gasteiger partial charge in [0.25, 0.3) is 0 Å². The van der Waals surface area contributed by atoms with Gasteiger partial charge in [0, 0.05) is 15.8 Å². The zero-order valence-corrected chi connectivity index (χ0v) is 14.2. The van der Waals surface area contributed by atoms with Crippen LogP contribution in [0.25, 0.3) is 0 Å². The molecule has 0 aliphatic carbocycles. The number of unbranched alkanes of at least 4 members (excludes halogenated alkanes) is 2. The van der Waals surface area contributed by atoms with Crippen LogP contribution in [0, 0.1) is 5.41 Å². The molecule has 0 aliphatic heterocycles. The second-order valence-electron chi connectivity index (χ2n) is 3.96. The van der Waals surface area contributed by atoms with Crippen molar-refractivity contribution in [1.29, 1.82) is 5.41 Å². The summed E-state index contributed by atoms with van der Waals surface area (Å²) >= 11 is 4.76. The summed E-state index contributed by atoms with van der Waals surface area (Å²) < 4.78 is 6.80. The van der Waals surface area contributed by atoms with E-state index >= 15 is 0 Å². The Morgan fingerprint density at radius 2 is 2.16 bits per heavy atom. The largest absolute Gasteiger partial charge is 0.493 e. The minimum atomic E-state index is 0. The molecule has 6 heteroatoms. The summed E-state index contributed by atoms with van der Waals surface area (Å²) in [6.07, 6.45) is 3.46. The molecule has 3 nitrogen and oxygen atoms in total. The van der Waals surface area contributed by atoms with Gasteiger partial charge < -0.3 is 10.5 Å². The van der Waals surface area contributed by atoms with Crippen LogP contribution in [-0.4, -0.2) is 11.8 Å². The molecule has 1 aromatic rings. The Morgan fingerprint density at radius 3 is 2.79 bits per heavy atom. The van der Waals surface area contributed by atoms with Crippen molar-refractivity contribution >= 4 is 45.3 Å². The van der Waals surface area contributed by atoms with E-state index in [9.17, 15) is 0 Å². The van der Waals surface area contributed by atoms with E-state index in [1.165, 1.54) is 24.6 Å². The van der Waals surface area contributed by atoms with E-state index in [-0.39, 0.29) is 17.6 Å². The molecule has 1 rings (SSSR count). The van der Waals surface area contributed by atoms with Crippen molar-refractivity contribution in [2.45, 2.75) is 31.9 Å². The number of amidine groups is 1. The van der Waals surface area contributed by atoms with E-state index in [0.717, 1.165) is 28.8 Å². The lowest BCUT2D eigenvalue weighted by Gasteiger charge is -2.11. The highest BCUT2D eigenvalue weighted by Gasteiger charge is 2.06. The molecule has 3 N–H and O–H groups in total. The average molecular weight is 368 g/mol. The van der Waals surface area contributed by atoms with Gasteiger partial charge >= 0.3 is 0 Å². The van der Waals surface area contributed by atoms with Crippen molar-refractivity contribution in [3.63, 3.8) is 0 Å². The fourth-order valence-corrected chi connectivity index (χ4v) is 2.44. The van der Waals surface area contributed by atoms with Gasteiger partial charge in [0.05, 0.1) is 6.61 Å². The summed E-state index contributed by atoms with van der Waals surface area (Å²) in [5, 5.41) is 7.38. The third kappa shape index (κ3) is 7.70. The maximum Gasteiger partial charge on any atom is 0.151 e. The van der Waals surface area contributed by atoms with Crippen molar-refractivity contribution in [2.75, 3.05) is 6.61 Å². The highest BCUT2D eigenvalue weighted by atomic mass is 79.9. The quantitative estimate of drug-likeness (QED) is 0.422. The van der Waals surface area contributed by atoms with Crippen LogP contribution in [0.15, 0.2) is 22.7 Å². The maximum atomic E-state index is 7.25. The molecule has 108 valence electrons. The van der Waals surface area contributed by atoms with E-state index in [4.69, 9.17) is 15.9 Å². The number of nitrogens with one attached hydrogen (secondary N) is 1. The molecule has 0 atom stereocenters. The van der Waals surface area contributed by atoms with Crippen molar-refractivity contribution in [3.05, 3.63) is 28.2 Å². The molecule has 0 amide bonds. The van der Waals surface area contributed by atoms with Gasteiger partial charge in [0.2, 0.25) is 0 Å². The van der Waals surface area contributed by atoms with Gasteiger partial charge in [-0.25, -0.2) is 0 Å². The molecule has 0 saturated carbocycles. The monoisotopic (exact) mass is 366 g/mol. The van der Waals surface area contributed by atoms with Gasteiger partial charge in [-0.3, -0.25) is 5.41 Å². The molecule has 0 radical (unpaired) electrons. The number of hydrogen-bond acceptors (Lipinski definition) is 3. The highest BCUT2D eigenvalue weighted by molar-refractivity contribution is 9.10. The smallest absolute Gasteiger partial charge is 0.151 e. The highest BCUT2D eigenvalue weighted by Crippen LogP contribution is 2.27. The van der Waals surface area contributed by atoms with E-state index < -0.39 is 0 Å². The number of halogens is 2. The first kappa shape index (κ1) is 18.6. The molecular formula is C13H20BrClN2OS. The van der Waals surface area contributed by atoms with Gasteiger partial charge in [0.15, 0.2) is 5.17 Å². The van der Waals surface area contributed by atoms with Crippen LogP contribution in [0.3, 0.4) is 0 Å². The summed E-state index contributed by atoms with van der Waals surface area (Å²) in [4.78, 5) is 0. The minimum Gasteiger partial charge on any atom is -0.493 e. The number of thioether (sulfide) groups is 1. The SMILES string of the molecule is CCCCCOc1ccc(Br)cc1CSC(=N)N.Cl. The number of rotatable bonds is 7. The molecule has 0 aliphatic rings. The van der Waals surface area contributed by atoms with Gasteiger partial charge in [-0.15, -0.1) is 12.4 Å². The summed E-state index contributed by atoms with van der Waals surface area (Å²) in [6.45, 7) is 2.92. The summed E-state index contributed by atoms with van der Waals surface area (Å²) in [6, 6.07) is 5.95. The summed E-state index contributed by atoms with van der Waals surface area (Å²) in [5.74, 6) is 1.56. The molecule has 0 spiro atoms. The second-order valence-corrected chi connectivity index (χ2v) is 5.89. The zero-order valence-electron chi connectivity index (χ0n) is 10.9. The molecule has 0 heterocycles. The number of nitrogens with two attached hydrogens (primary N) is 1. The predicted octanol–water partition coefficient (Wildman–Crippen LogP) is 4.57. The van der Waals surface area contributed by atoms with Crippen molar-refractivity contribution in [1.82, 2.24) is 0 Å². The number of hydrogen-bond donors (Lipinski definition) is 2. The van der Waals surface area contributed by atoms with E-state index in [1.54, 1.807) is 0 Å². The lowest BCUT2D eigenvalue weighted by Crippen LogP contribution is -2.05. The predicted molar refractivity (Wildman–Crippen MR) is 89.6 cm³/mol. The van der Waals surface area contributed by atoms with Crippen LogP contribution in [0.4, 0.5) is 0 Å². The van der Waals surface area contributed by atoms with Crippen molar-refractivity contribution < 1.29 is 4.74 Å². The van der Waals surface area contributed by atoms with E-state index in [1.807, 2.05) is 18.2 Å². The summed E-state index contributed by atoms with van der Waals surface area (Å²) in [7, 11) is 0. The number of benzene rings is 1.